The number of carbonyl (C=O) groups excluding carboxylic acids is 2. The normalized spacial score (nSPS) is 18.8. The molecule has 0 saturated carbocycles. The average molecular weight is 538 g/mol. The first-order valence-electron chi connectivity index (χ1n) is 14.4. The van der Waals surface area contributed by atoms with Gasteiger partial charge in [-0.3, -0.25) is 9.59 Å². The Morgan fingerprint density at radius 2 is 1.74 bits per heavy atom. The van der Waals surface area contributed by atoms with E-state index in [1.165, 1.54) is 6.42 Å². The van der Waals surface area contributed by atoms with Crippen LogP contribution in [0.15, 0.2) is 42.5 Å². The number of aliphatic hydroxyl groups excluding tert-OH is 1. The van der Waals surface area contributed by atoms with Gasteiger partial charge >= 0.3 is 0 Å². The summed E-state index contributed by atoms with van der Waals surface area (Å²) in [4.78, 5) is 27.9. The first kappa shape index (κ1) is 29.1. The van der Waals surface area contributed by atoms with Crippen molar-refractivity contribution in [1.82, 2.24) is 4.90 Å². The van der Waals surface area contributed by atoms with Gasteiger partial charge in [-0.15, -0.1) is 0 Å². The number of nitrogens with zero attached hydrogens (tertiary/aromatic N) is 1. The fourth-order valence-corrected chi connectivity index (χ4v) is 5.62. The van der Waals surface area contributed by atoms with Crippen LogP contribution in [-0.4, -0.2) is 61.0 Å². The third-order valence-corrected chi connectivity index (χ3v) is 8.03. The van der Waals surface area contributed by atoms with Crippen LogP contribution in [0.4, 0.5) is 0 Å². The highest BCUT2D eigenvalue weighted by molar-refractivity contribution is 5.96. The van der Waals surface area contributed by atoms with Crippen molar-refractivity contribution < 1.29 is 28.9 Å². The van der Waals surface area contributed by atoms with Gasteiger partial charge in [0.2, 0.25) is 0 Å². The van der Waals surface area contributed by atoms with E-state index in [4.69, 9.17) is 14.2 Å². The number of ether oxygens (including phenoxy) is 3. The number of carbonyl (C=O) groups is 2. The predicted molar refractivity (Wildman–Crippen MR) is 151 cm³/mol. The first-order chi connectivity index (χ1) is 18.9. The van der Waals surface area contributed by atoms with Crippen molar-refractivity contribution in [3.05, 3.63) is 53.6 Å². The fraction of sp³-hybridized carbons (Fsp3) is 0.562. The number of methoxy groups -OCH3 is 1. The standard InChI is InChI=1S/C32H43NO6/c1-23-8-6-7-17-33(23)22-26(32(36)25-13-16-30-31(21-25)39-19-18-38-30)20-27(34)9-4-3-5-10-29(35)24-11-14-28(37-2)15-12-24/h11-16,21,23,26,32,36H,3-10,17-20,22H2,1-2H3/t23?,26-,32-/m1/s1. The van der Waals surface area contributed by atoms with Crippen molar-refractivity contribution in [2.75, 3.05) is 33.4 Å². The highest BCUT2D eigenvalue weighted by Crippen LogP contribution is 2.36. The molecule has 0 radical (unpaired) electrons. The molecule has 7 heteroatoms. The summed E-state index contributed by atoms with van der Waals surface area (Å²) in [5, 5.41) is 11.4. The van der Waals surface area contributed by atoms with E-state index >= 15 is 0 Å². The molecular weight excluding hydrogens is 494 g/mol. The van der Waals surface area contributed by atoms with Crippen LogP contribution in [0.1, 0.15) is 86.7 Å². The lowest BCUT2D eigenvalue weighted by Gasteiger charge is -2.37. The molecule has 0 amide bonds. The third kappa shape index (κ3) is 8.29. The maximum atomic E-state index is 13.1. The molecule has 1 saturated heterocycles. The molecule has 0 spiro atoms. The fourth-order valence-electron chi connectivity index (χ4n) is 5.62. The predicted octanol–water partition coefficient (Wildman–Crippen LogP) is 5.78. The molecule has 4 rings (SSSR count). The zero-order valence-electron chi connectivity index (χ0n) is 23.4. The van der Waals surface area contributed by atoms with E-state index in [0.29, 0.717) is 62.1 Å². The van der Waals surface area contributed by atoms with E-state index in [1.54, 1.807) is 31.4 Å². The van der Waals surface area contributed by atoms with Crippen LogP contribution in [0, 0.1) is 5.92 Å². The van der Waals surface area contributed by atoms with Gasteiger partial charge in [-0.1, -0.05) is 18.9 Å². The zero-order valence-corrected chi connectivity index (χ0v) is 23.4. The van der Waals surface area contributed by atoms with Crippen molar-refractivity contribution in [2.24, 2.45) is 5.92 Å². The van der Waals surface area contributed by atoms with Crippen molar-refractivity contribution in [2.45, 2.75) is 76.9 Å². The molecule has 0 aliphatic carbocycles. The van der Waals surface area contributed by atoms with Gasteiger partial charge in [-0.05, 0) is 81.1 Å². The van der Waals surface area contributed by atoms with Crippen LogP contribution >= 0.6 is 0 Å². The molecule has 0 bridgehead atoms. The van der Waals surface area contributed by atoms with E-state index in [0.717, 1.165) is 50.0 Å². The monoisotopic (exact) mass is 537 g/mol. The summed E-state index contributed by atoms with van der Waals surface area (Å²) < 4.78 is 16.5. The quantitative estimate of drug-likeness (QED) is 0.241. The summed E-state index contributed by atoms with van der Waals surface area (Å²) in [6, 6.07) is 13.2. The maximum Gasteiger partial charge on any atom is 0.162 e. The molecule has 7 nitrogen and oxygen atoms in total. The Kier molecular flexibility index (Phi) is 10.8. The van der Waals surface area contributed by atoms with E-state index in [2.05, 4.69) is 11.8 Å². The van der Waals surface area contributed by atoms with Crippen molar-refractivity contribution >= 4 is 11.6 Å². The number of aliphatic hydroxyl groups is 1. The second-order valence-electron chi connectivity index (χ2n) is 10.9. The summed E-state index contributed by atoms with van der Waals surface area (Å²) in [6.45, 7) is 4.95. The van der Waals surface area contributed by atoms with Gasteiger partial charge in [0.15, 0.2) is 17.3 Å². The second-order valence-corrected chi connectivity index (χ2v) is 10.9. The molecule has 1 fully saturated rings. The summed E-state index contributed by atoms with van der Waals surface area (Å²) >= 11 is 0. The Balaban J connectivity index is 1.29. The van der Waals surface area contributed by atoms with Crippen LogP contribution in [0.5, 0.6) is 17.2 Å². The minimum absolute atomic E-state index is 0.113. The lowest BCUT2D eigenvalue weighted by molar-refractivity contribution is -0.121. The molecular formula is C32H43NO6. The van der Waals surface area contributed by atoms with E-state index in [-0.39, 0.29) is 17.5 Å². The number of benzene rings is 2. The lowest BCUT2D eigenvalue weighted by Crippen LogP contribution is -2.42. The molecule has 3 atom stereocenters. The number of likely N-dealkylation sites (tertiary alicyclic amines) is 1. The number of fused-ring (bicyclic) bond motifs is 1. The highest BCUT2D eigenvalue weighted by Gasteiger charge is 2.29. The Morgan fingerprint density at radius 1 is 1.00 bits per heavy atom. The number of unbranched alkanes of at least 4 members (excludes halogenated alkanes) is 2. The number of Topliss-reactive ketones (excluding diaryl/α,β-unsaturated/α-hetero) is 2. The smallest absolute Gasteiger partial charge is 0.162 e. The number of hydrogen-bond donors (Lipinski definition) is 1. The Labute approximate surface area is 232 Å². The summed E-state index contributed by atoms with van der Waals surface area (Å²) in [6.07, 6.45) is 6.38. The van der Waals surface area contributed by atoms with Crippen LogP contribution < -0.4 is 14.2 Å². The molecule has 2 aromatic carbocycles. The van der Waals surface area contributed by atoms with Gasteiger partial charge in [0, 0.05) is 43.3 Å². The highest BCUT2D eigenvalue weighted by atomic mass is 16.6. The molecule has 1 N–H and O–H groups in total. The molecule has 39 heavy (non-hydrogen) atoms. The van der Waals surface area contributed by atoms with Gasteiger partial charge in [-0.25, -0.2) is 0 Å². The molecule has 2 heterocycles. The summed E-state index contributed by atoms with van der Waals surface area (Å²) in [5.41, 5.74) is 1.45. The van der Waals surface area contributed by atoms with Crippen molar-refractivity contribution in [3.63, 3.8) is 0 Å². The molecule has 2 aromatic rings. The van der Waals surface area contributed by atoms with E-state index in [1.807, 2.05) is 18.2 Å². The van der Waals surface area contributed by atoms with E-state index in [9.17, 15) is 14.7 Å². The summed E-state index contributed by atoms with van der Waals surface area (Å²) in [5.74, 6) is 2.16. The van der Waals surface area contributed by atoms with Crippen LogP contribution in [0.25, 0.3) is 0 Å². The van der Waals surface area contributed by atoms with Crippen LogP contribution in [0.3, 0.4) is 0 Å². The Bertz CT molecular complexity index is 1080. The van der Waals surface area contributed by atoms with Crippen molar-refractivity contribution in [3.8, 4) is 17.2 Å². The van der Waals surface area contributed by atoms with E-state index < -0.39 is 6.10 Å². The number of hydrogen-bond acceptors (Lipinski definition) is 7. The van der Waals surface area contributed by atoms with Crippen LogP contribution in [0.2, 0.25) is 0 Å². The molecule has 2 aliphatic heterocycles. The molecule has 1 unspecified atom stereocenters. The topological polar surface area (TPSA) is 85.3 Å². The van der Waals surface area contributed by atoms with Crippen molar-refractivity contribution in [1.29, 1.82) is 0 Å². The van der Waals surface area contributed by atoms with Gasteiger partial charge < -0.3 is 24.2 Å². The number of rotatable bonds is 14. The zero-order chi connectivity index (χ0) is 27.6. The molecule has 2 aliphatic rings. The third-order valence-electron chi connectivity index (χ3n) is 8.03. The maximum absolute atomic E-state index is 13.1. The minimum Gasteiger partial charge on any atom is -0.497 e. The largest absolute Gasteiger partial charge is 0.497 e. The van der Waals surface area contributed by atoms with Gasteiger partial charge in [-0.2, -0.15) is 0 Å². The van der Waals surface area contributed by atoms with Gasteiger partial charge in [0.05, 0.1) is 13.2 Å². The molecule has 0 aromatic heterocycles. The number of piperidine rings is 1. The summed E-state index contributed by atoms with van der Waals surface area (Å²) in [7, 11) is 1.60. The Hall–Kier alpha value is -2.90. The minimum atomic E-state index is -0.763. The van der Waals surface area contributed by atoms with Gasteiger partial charge in [0.1, 0.15) is 24.7 Å². The second kappa shape index (κ2) is 14.5. The number of ketones is 2. The SMILES string of the molecule is COc1ccc(C(=O)CCCCCC(=O)C[C@H](CN2CCCCC2C)[C@H](O)c2ccc3c(c2)OCCO3)cc1. The van der Waals surface area contributed by atoms with Crippen LogP contribution in [-0.2, 0) is 4.79 Å². The molecule has 212 valence electrons. The average Bonchev–Trinajstić information content (AvgIpc) is 2.97. The lowest BCUT2D eigenvalue weighted by atomic mass is 9.88. The first-order valence-corrected chi connectivity index (χ1v) is 14.4. The Morgan fingerprint density at radius 3 is 2.49 bits per heavy atom. The van der Waals surface area contributed by atoms with Gasteiger partial charge in [0.25, 0.3) is 0 Å².